The fourth-order valence-corrected chi connectivity index (χ4v) is 2.14. The van der Waals surface area contributed by atoms with Crippen LogP contribution in [0.2, 0.25) is 0 Å². The van der Waals surface area contributed by atoms with E-state index in [0.717, 1.165) is 21.2 Å². The van der Waals surface area contributed by atoms with Crippen LogP contribution in [0.25, 0.3) is 0 Å². The maximum absolute atomic E-state index is 6.24. The lowest BCUT2D eigenvalue weighted by Crippen LogP contribution is -2.12. The molecule has 0 saturated carbocycles. The molecular formula is C14H15BrN2. The van der Waals surface area contributed by atoms with Crippen molar-refractivity contribution >= 4 is 15.9 Å². The third-order valence-electron chi connectivity index (χ3n) is 2.81. The molecule has 2 rings (SSSR count). The Hall–Kier alpha value is -1.19. The second kappa shape index (κ2) is 4.98. The van der Waals surface area contributed by atoms with Crippen molar-refractivity contribution in [1.82, 2.24) is 4.98 Å². The summed E-state index contributed by atoms with van der Waals surface area (Å²) >= 11 is 3.53. The van der Waals surface area contributed by atoms with Gasteiger partial charge in [0.2, 0.25) is 0 Å². The second-order valence-corrected chi connectivity index (χ2v) is 5.14. The summed E-state index contributed by atoms with van der Waals surface area (Å²) in [6.07, 6.45) is 3.66. The highest BCUT2D eigenvalue weighted by Gasteiger charge is 2.10. The van der Waals surface area contributed by atoms with Crippen LogP contribution in [0.1, 0.15) is 28.3 Å². The number of aromatic nitrogens is 1. The molecule has 1 aromatic carbocycles. The van der Waals surface area contributed by atoms with E-state index < -0.39 is 0 Å². The van der Waals surface area contributed by atoms with Gasteiger partial charge in [0.05, 0.1) is 6.04 Å². The summed E-state index contributed by atoms with van der Waals surface area (Å²) in [6, 6.07) is 8.16. The molecule has 1 unspecified atom stereocenters. The van der Waals surface area contributed by atoms with Crippen LogP contribution >= 0.6 is 15.9 Å². The molecule has 0 fully saturated rings. The molecule has 0 aliphatic heterocycles. The number of halogens is 1. The van der Waals surface area contributed by atoms with Crippen LogP contribution in [0.15, 0.2) is 41.1 Å². The maximum Gasteiger partial charge on any atom is 0.0567 e. The van der Waals surface area contributed by atoms with E-state index in [4.69, 9.17) is 5.73 Å². The smallest absolute Gasteiger partial charge is 0.0567 e. The first kappa shape index (κ1) is 12.3. The first-order valence-corrected chi connectivity index (χ1v) is 6.30. The summed E-state index contributed by atoms with van der Waals surface area (Å²) in [5.41, 5.74) is 10.7. The minimum absolute atomic E-state index is 0.126. The molecule has 1 atom stereocenters. The molecule has 3 heteroatoms. The first-order chi connectivity index (χ1) is 8.08. The Balaban J connectivity index is 2.36. The highest BCUT2D eigenvalue weighted by atomic mass is 79.9. The zero-order valence-electron chi connectivity index (χ0n) is 9.94. The Morgan fingerprint density at radius 1 is 1.12 bits per heavy atom. The average Bonchev–Trinajstić information content (AvgIpc) is 2.32. The van der Waals surface area contributed by atoms with Crippen LogP contribution in [0.4, 0.5) is 0 Å². The summed E-state index contributed by atoms with van der Waals surface area (Å²) in [6.45, 7) is 4.09. The molecule has 0 radical (unpaired) electrons. The highest BCUT2D eigenvalue weighted by Crippen LogP contribution is 2.24. The van der Waals surface area contributed by atoms with Gasteiger partial charge >= 0.3 is 0 Å². The number of hydrogen-bond acceptors (Lipinski definition) is 2. The second-order valence-electron chi connectivity index (χ2n) is 4.28. The van der Waals surface area contributed by atoms with Gasteiger partial charge in [0, 0.05) is 16.9 Å². The zero-order chi connectivity index (χ0) is 12.4. The van der Waals surface area contributed by atoms with Crippen molar-refractivity contribution in [3.8, 4) is 0 Å². The van der Waals surface area contributed by atoms with Gasteiger partial charge in [-0.2, -0.15) is 0 Å². The Morgan fingerprint density at radius 2 is 1.88 bits per heavy atom. The maximum atomic E-state index is 6.24. The monoisotopic (exact) mass is 290 g/mol. The van der Waals surface area contributed by atoms with Gasteiger partial charge in [0.15, 0.2) is 0 Å². The van der Waals surface area contributed by atoms with Crippen LogP contribution in [-0.4, -0.2) is 4.98 Å². The molecule has 2 N–H and O–H groups in total. The lowest BCUT2D eigenvalue weighted by atomic mass is 9.99. The van der Waals surface area contributed by atoms with Gasteiger partial charge in [0.25, 0.3) is 0 Å². The number of hydrogen-bond donors (Lipinski definition) is 1. The highest BCUT2D eigenvalue weighted by molar-refractivity contribution is 9.10. The quantitative estimate of drug-likeness (QED) is 0.919. The van der Waals surface area contributed by atoms with E-state index in [1.54, 1.807) is 0 Å². The van der Waals surface area contributed by atoms with Gasteiger partial charge in [-0.25, -0.2) is 0 Å². The van der Waals surface area contributed by atoms with Crippen molar-refractivity contribution in [3.63, 3.8) is 0 Å². The van der Waals surface area contributed by atoms with Crippen molar-refractivity contribution in [2.75, 3.05) is 0 Å². The third-order valence-corrected chi connectivity index (χ3v) is 3.66. The van der Waals surface area contributed by atoms with E-state index in [2.05, 4.69) is 52.1 Å². The molecule has 0 aliphatic carbocycles. The standard InChI is InChI=1S/C14H15BrN2/c1-9-5-12(8-17-7-9)14(16)11-4-3-10(2)13(15)6-11/h3-8,14H,16H2,1-2H3. The van der Waals surface area contributed by atoms with E-state index >= 15 is 0 Å². The molecule has 1 heterocycles. The summed E-state index contributed by atoms with van der Waals surface area (Å²) < 4.78 is 1.09. The molecular weight excluding hydrogens is 276 g/mol. The Labute approximate surface area is 110 Å². The van der Waals surface area contributed by atoms with Crippen LogP contribution in [0, 0.1) is 13.8 Å². The number of pyridine rings is 1. The third kappa shape index (κ3) is 2.73. The number of benzene rings is 1. The Morgan fingerprint density at radius 3 is 2.53 bits per heavy atom. The molecule has 17 heavy (non-hydrogen) atoms. The Bertz CT molecular complexity index is 537. The molecule has 2 aromatic rings. The molecule has 0 bridgehead atoms. The van der Waals surface area contributed by atoms with Crippen molar-refractivity contribution < 1.29 is 0 Å². The number of rotatable bonds is 2. The van der Waals surface area contributed by atoms with Crippen molar-refractivity contribution in [2.24, 2.45) is 5.73 Å². The van der Waals surface area contributed by atoms with E-state index in [9.17, 15) is 0 Å². The van der Waals surface area contributed by atoms with E-state index in [-0.39, 0.29) is 6.04 Å². The summed E-state index contributed by atoms with van der Waals surface area (Å²) in [5.74, 6) is 0. The van der Waals surface area contributed by atoms with Crippen LogP contribution in [0.5, 0.6) is 0 Å². The van der Waals surface area contributed by atoms with Gasteiger partial charge < -0.3 is 5.73 Å². The normalized spacial score (nSPS) is 12.5. The summed E-state index contributed by atoms with van der Waals surface area (Å²) in [5, 5.41) is 0. The largest absolute Gasteiger partial charge is 0.320 e. The van der Waals surface area contributed by atoms with E-state index in [1.165, 1.54) is 5.56 Å². The van der Waals surface area contributed by atoms with Crippen molar-refractivity contribution in [1.29, 1.82) is 0 Å². The molecule has 0 aliphatic rings. The molecule has 0 amide bonds. The van der Waals surface area contributed by atoms with Crippen LogP contribution in [-0.2, 0) is 0 Å². The lowest BCUT2D eigenvalue weighted by molar-refractivity contribution is 0.859. The Kier molecular flexibility index (Phi) is 3.60. The van der Waals surface area contributed by atoms with Gasteiger partial charge in [0.1, 0.15) is 0 Å². The minimum Gasteiger partial charge on any atom is -0.320 e. The van der Waals surface area contributed by atoms with E-state index in [0.29, 0.717) is 0 Å². The predicted octanol–water partition coefficient (Wildman–Crippen LogP) is 3.51. The molecule has 88 valence electrons. The fraction of sp³-hybridized carbons (Fsp3) is 0.214. The summed E-state index contributed by atoms with van der Waals surface area (Å²) in [7, 11) is 0. The first-order valence-electron chi connectivity index (χ1n) is 5.51. The van der Waals surface area contributed by atoms with Crippen LogP contribution in [0.3, 0.4) is 0 Å². The molecule has 0 saturated heterocycles. The molecule has 0 spiro atoms. The number of aryl methyl sites for hydroxylation is 2. The lowest BCUT2D eigenvalue weighted by Gasteiger charge is -2.13. The van der Waals surface area contributed by atoms with E-state index in [1.807, 2.05) is 19.3 Å². The fourth-order valence-electron chi connectivity index (χ4n) is 1.74. The average molecular weight is 291 g/mol. The predicted molar refractivity (Wildman–Crippen MR) is 73.9 cm³/mol. The SMILES string of the molecule is Cc1cncc(C(N)c2ccc(C)c(Br)c2)c1. The van der Waals surface area contributed by atoms with Gasteiger partial charge in [-0.3, -0.25) is 4.98 Å². The van der Waals surface area contributed by atoms with Gasteiger partial charge in [-0.1, -0.05) is 34.1 Å². The van der Waals surface area contributed by atoms with Gasteiger partial charge in [-0.15, -0.1) is 0 Å². The van der Waals surface area contributed by atoms with Crippen molar-refractivity contribution in [2.45, 2.75) is 19.9 Å². The minimum atomic E-state index is -0.126. The number of nitrogens with zero attached hydrogens (tertiary/aromatic N) is 1. The van der Waals surface area contributed by atoms with Gasteiger partial charge in [-0.05, 0) is 42.2 Å². The molecule has 1 aromatic heterocycles. The number of nitrogens with two attached hydrogens (primary N) is 1. The zero-order valence-corrected chi connectivity index (χ0v) is 11.5. The van der Waals surface area contributed by atoms with Crippen LogP contribution < -0.4 is 5.73 Å². The van der Waals surface area contributed by atoms with Crippen molar-refractivity contribution in [3.05, 3.63) is 63.4 Å². The summed E-state index contributed by atoms with van der Waals surface area (Å²) in [4.78, 5) is 4.18. The molecule has 2 nitrogen and oxygen atoms in total. The topological polar surface area (TPSA) is 38.9 Å².